The first kappa shape index (κ1) is 20.0. The van der Waals surface area contributed by atoms with Crippen molar-refractivity contribution >= 4 is 45.0 Å². The first-order valence-corrected chi connectivity index (χ1v) is 9.73. The molecule has 0 fully saturated rings. The average Bonchev–Trinajstić information content (AvgIpc) is 3.25. The van der Waals surface area contributed by atoms with E-state index in [1.165, 1.54) is 17.4 Å². The van der Waals surface area contributed by atoms with Crippen LogP contribution in [0.2, 0.25) is 0 Å². The summed E-state index contributed by atoms with van der Waals surface area (Å²) in [6, 6.07) is 11.7. The van der Waals surface area contributed by atoms with Crippen molar-refractivity contribution in [2.45, 2.75) is 0 Å². The molecule has 0 radical (unpaired) electrons. The van der Waals surface area contributed by atoms with E-state index in [2.05, 4.69) is 25.5 Å². The Hall–Kier alpha value is -4.31. The van der Waals surface area contributed by atoms with Crippen molar-refractivity contribution in [2.75, 3.05) is 5.32 Å². The van der Waals surface area contributed by atoms with Crippen LogP contribution in [-0.2, 0) is 4.79 Å². The molecular weight excluding hydrogens is 418 g/mol. The summed E-state index contributed by atoms with van der Waals surface area (Å²) in [5.41, 5.74) is 1.41. The largest absolute Gasteiger partial charge is 0.478 e. The van der Waals surface area contributed by atoms with E-state index in [4.69, 9.17) is 5.11 Å². The molecule has 4 rings (SSSR count). The highest BCUT2D eigenvalue weighted by atomic mass is 32.1. The summed E-state index contributed by atoms with van der Waals surface area (Å²) in [5, 5.41) is 21.0. The van der Waals surface area contributed by atoms with Gasteiger partial charge in [0.05, 0.1) is 11.1 Å². The zero-order valence-corrected chi connectivity index (χ0v) is 16.5. The molecule has 9 nitrogen and oxygen atoms in total. The molecule has 10 heteroatoms. The molecule has 4 aromatic rings. The number of allylic oxidation sites excluding steroid dienone is 1. The Morgan fingerprint density at radius 1 is 1.00 bits per heavy atom. The maximum atomic E-state index is 13.0. The standard InChI is InChI=1S/C21H13N5O4S/c27-17(5-6-18(28)29)16-11-14(13-3-1-2-4-15(13)23-16)19(30)24-21-26-25-20(31-21)12-7-9-22-10-8-12/h1-11H,(H,28,29)(H,24,26,30)/b6-5-. The van der Waals surface area contributed by atoms with Crippen LogP contribution in [0.1, 0.15) is 20.8 Å². The van der Waals surface area contributed by atoms with Gasteiger partial charge in [0, 0.05) is 29.4 Å². The molecule has 1 amide bonds. The van der Waals surface area contributed by atoms with E-state index >= 15 is 0 Å². The van der Waals surface area contributed by atoms with Gasteiger partial charge in [0.25, 0.3) is 5.91 Å². The number of benzene rings is 1. The minimum atomic E-state index is -1.26. The molecule has 0 aliphatic heterocycles. The van der Waals surface area contributed by atoms with Gasteiger partial charge >= 0.3 is 5.97 Å². The number of aliphatic carboxylic acids is 1. The minimum Gasteiger partial charge on any atom is -0.478 e. The fourth-order valence-electron chi connectivity index (χ4n) is 2.77. The second-order valence-corrected chi connectivity index (χ2v) is 7.19. The molecule has 0 aliphatic rings. The molecule has 0 unspecified atom stereocenters. The normalized spacial score (nSPS) is 11.0. The lowest BCUT2D eigenvalue weighted by Gasteiger charge is -2.08. The molecule has 1 aromatic carbocycles. The van der Waals surface area contributed by atoms with Gasteiger partial charge in [0.2, 0.25) is 10.9 Å². The number of anilines is 1. The number of amides is 1. The topological polar surface area (TPSA) is 135 Å². The van der Waals surface area contributed by atoms with Gasteiger partial charge in [-0.25, -0.2) is 9.78 Å². The molecule has 3 heterocycles. The number of hydrogen-bond acceptors (Lipinski definition) is 8. The van der Waals surface area contributed by atoms with Crippen molar-refractivity contribution in [3.8, 4) is 10.6 Å². The molecule has 0 spiro atoms. The lowest BCUT2D eigenvalue weighted by atomic mass is 10.1. The second-order valence-electron chi connectivity index (χ2n) is 6.21. The van der Waals surface area contributed by atoms with E-state index in [1.54, 1.807) is 48.8 Å². The number of hydrogen-bond donors (Lipinski definition) is 2. The average molecular weight is 431 g/mol. The van der Waals surface area contributed by atoms with Gasteiger partial charge in [-0.3, -0.25) is 19.9 Å². The lowest BCUT2D eigenvalue weighted by molar-refractivity contribution is -0.131. The van der Waals surface area contributed by atoms with Crippen LogP contribution in [0, 0.1) is 0 Å². The van der Waals surface area contributed by atoms with Crippen molar-refractivity contribution in [3.63, 3.8) is 0 Å². The predicted molar refractivity (Wildman–Crippen MR) is 114 cm³/mol. The van der Waals surface area contributed by atoms with Crippen LogP contribution in [0.3, 0.4) is 0 Å². The van der Waals surface area contributed by atoms with E-state index in [9.17, 15) is 14.4 Å². The first-order chi connectivity index (χ1) is 15.0. The van der Waals surface area contributed by atoms with Crippen molar-refractivity contribution in [3.05, 3.63) is 78.3 Å². The fourth-order valence-corrected chi connectivity index (χ4v) is 3.52. The molecule has 0 aliphatic carbocycles. The number of pyridine rings is 2. The predicted octanol–water partition coefficient (Wildman–Crippen LogP) is 3.22. The van der Waals surface area contributed by atoms with Gasteiger partial charge in [0.1, 0.15) is 10.7 Å². The Balaban J connectivity index is 1.66. The highest BCUT2D eigenvalue weighted by Gasteiger charge is 2.17. The Bertz CT molecular complexity index is 1330. The molecular formula is C21H13N5O4S. The summed E-state index contributed by atoms with van der Waals surface area (Å²) < 4.78 is 0. The maximum Gasteiger partial charge on any atom is 0.328 e. The Morgan fingerprint density at radius 2 is 1.77 bits per heavy atom. The van der Waals surface area contributed by atoms with Crippen LogP contribution in [0.4, 0.5) is 5.13 Å². The summed E-state index contributed by atoms with van der Waals surface area (Å²) >= 11 is 1.20. The highest BCUT2D eigenvalue weighted by Crippen LogP contribution is 2.27. The number of carbonyl (C=O) groups is 3. The first-order valence-electron chi connectivity index (χ1n) is 8.91. The summed E-state index contributed by atoms with van der Waals surface area (Å²) in [4.78, 5) is 44.2. The number of carbonyl (C=O) groups excluding carboxylic acids is 2. The quantitative estimate of drug-likeness (QED) is 0.351. The van der Waals surface area contributed by atoms with E-state index in [0.29, 0.717) is 15.9 Å². The lowest BCUT2D eigenvalue weighted by Crippen LogP contribution is -2.14. The summed E-state index contributed by atoms with van der Waals surface area (Å²) in [6.45, 7) is 0. The van der Waals surface area contributed by atoms with Crippen LogP contribution in [0.5, 0.6) is 0 Å². The summed E-state index contributed by atoms with van der Waals surface area (Å²) in [6.07, 6.45) is 4.89. The third kappa shape index (κ3) is 4.49. The molecule has 0 saturated heterocycles. The smallest absolute Gasteiger partial charge is 0.328 e. The molecule has 0 atom stereocenters. The van der Waals surface area contributed by atoms with E-state index in [-0.39, 0.29) is 16.4 Å². The third-order valence-corrected chi connectivity index (χ3v) is 5.05. The Morgan fingerprint density at radius 3 is 2.55 bits per heavy atom. The van der Waals surface area contributed by atoms with Gasteiger partial charge in [0.15, 0.2) is 0 Å². The molecule has 2 N–H and O–H groups in total. The van der Waals surface area contributed by atoms with Crippen molar-refractivity contribution in [2.24, 2.45) is 0 Å². The van der Waals surface area contributed by atoms with Gasteiger partial charge in [-0.2, -0.15) is 0 Å². The maximum absolute atomic E-state index is 13.0. The summed E-state index contributed by atoms with van der Waals surface area (Å²) in [7, 11) is 0. The Labute approximate surface area is 179 Å². The zero-order chi connectivity index (χ0) is 21.8. The number of para-hydroxylation sites is 1. The Kier molecular flexibility index (Phi) is 5.54. The van der Waals surface area contributed by atoms with E-state index in [1.807, 2.05) is 0 Å². The van der Waals surface area contributed by atoms with Crippen molar-refractivity contribution in [1.29, 1.82) is 0 Å². The van der Waals surface area contributed by atoms with Crippen LogP contribution in [0.25, 0.3) is 21.5 Å². The van der Waals surface area contributed by atoms with Gasteiger partial charge in [-0.15, -0.1) is 10.2 Å². The number of fused-ring (bicyclic) bond motifs is 1. The number of carboxylic acid groups (broad SMARTS) is 1. The molecule has 0 saturated carbocycles. The third-order valence-electron chi connectivity index (χ3n) is 4.16. The number of aromatic nitrogens is 4. The van der Waals surface area contributed by atoms with Gasteiger partial charge in [-0.05, 0) is 30.3 Å². The van der Waals surface area contributed by atoms with Crippen LogP contribution >= 0.6 is 11.3 Å². The van der Waals surface area contributed by atoms with E-state index < -0.39 is 17.7 Å². The van der Waals surface area contributed by atoms with Crippen LogP contribution in [-0.4, -0.2) is 42.9 Å². The number of rotatable bonds is 6. The number of carboxylic acids is 1. The van der Waals surface area contributed by atoms with Crippen LogP contribution in [0.15, 0.2) is 67.0 Å². The molecule has 0 bridgehead atoms. The summed E-state index contributed by atoms with van der Waals surface area (Å²) in [5.74, 6) is -2.38. The van der Waals surface area contributed by atoms with E-state index in [0.717, 1.165) is 17.7 Å². The highest BCUT2D eigenvalue weighted by molar-refractivity contribution is 7.18. The number of nitrogens with zero attached hydrogens (tertiary/aromatic N) is 4. The minimum absolute atomic E-state index is 0.0453. The van der Waals surface area contributed by atoms with Crippen molar-refractivity contribution < 1.29 is 19.5 Å². The number of ketones is 1. The molecule has 31 heavy (non-hydrogen) atoms. The van der Waals surface area contributed by atoms with Gasteiger partial charge in [-0.1, -0.05) is 29.5 Å². The van der Waals surface area contributed by atoms with Crippen LogP contribution < -0.4 is 5.32 Å². The zero-order valence-electron chi connectivity index (χ0n) is 15.7. The molecule has 3 aromatic heterocycles. The number of nitrogens with one attached hydrogen (secondary N) is 1. The van der Waals surface area contributed by atoms with Gasteiger partial charge < -0.3 is 5.11 Å². The van der Waals surface area contributed by atoms with Crippen molar-refractivity contribution in [1.82, 2.24) is 20.2 Å². The SMILES string of the molecule is O=C(O)/C=C\C(=O)c1cc(C(=O)Nc2nnc(-c3ccncc3)s2)c2ccccc2n1. The fraction of sp³-hybridized carbons (Fsp3) is 0. The second kappa shape index (κ2) is 8.59. The molecule has 152 valence electrons. The monoisotopic (exact) mass is 431 g/mol.